The Morgan fingerprint density at radius 3 is 2.05 bits per heavy atom. The van der Waals surface area contributed by atoms with Crippen molar-refractivity contribution in [2.24, 2.45) is 0 Å². The highest BCUT2D eigenvalue weighted by Crippen LogP contribution is 2.42. The first-order valence-electron chi connectivity index (χ1n) is 9.23. The average Bonchev–Trinajstić information content (AvgIpc) is 2.72. The molecule has 0 aromatic rings. The minimum atomic E-state index is -1.41. The lowest BCUT2D eigenvalue weighted by Gasteiger charge is -2.40. The smallest absolute Gasteiger partial charge is 0.326 e. The maximum Gasteiger partial charge on any atom is 0.337 e. The molecule has 0 bridgehead atoms. The van der Waals surface area contributed by atoms with E-state index in [1.54, 1.807) is 5.20 Å². The Bertz CT molecular complexity index is 364. The molecule has 0 saturated carbocycles. The van der Waals surface area contributed by atoms with Gasteiger partial charge in [0.1, 0.15) is 0 Å². The second-order valence-corrected chi connectivity index (χ2v) is 14.1. The van der Waals surface area contributed by atoms with Crippen molar-refractivity contribution in [3.8, 4) is 0 Å². The minimum absolute atomic E-state index is 0.430. The lowest BCUT2D eigenvalue weighted by Crippen LogP contribution is -2.44. The number of allylic oxidation sites excluding steroid dienone is 1. The minimum Gasteiger partial charge on any atom is -0.326 e. The van der Waals surface area contributed by atoms with Crippen molar-refractivity contribution < 1.29 is 0 Å². The van der Waals surface area contributed by atoms with Gasteiger partial charge in [-0.2, -0.15) is 0 Å². The summed E-state index contributed by atoms with van der Waals surface area (Å²) in [4.78, 5) is 5.00. The van der Waals surface area contributed by atoms with Crippen LogP contribution in [-0.4, -0.2) is 51.9 Å². The summed E-state index contributed by atoms with van der Waals surface area (Å²) in [5.74, 6) is 2.64. The predicted molar refractivity (Wildman–Crippen MR) is 105 cm³/mol. The second kappa shape index (κ2) is 8.16. The van der Waals surface area contributed by atoms with Crippen LogP contribution in [0, 0.1) is 0 Å². The third kappa shape index (κ3) is 4.97. The zero-order chi connectivity index (χ0) is 17.0. The number of rotatable bonds is 7. The summed E-state index contributed by atoms with van der Waals surface area (Å²) in [5, 5.41) is 2.22. The Labute approximate surface area is 141 Å². The summed E-state index contributed by atoms with van der Waals surface area (Å²) in [6.45, 7) is 17.7. The lowest BCUT2D eigenvalue weighted by atomic mass is 9.74. The molecule has 1 aliphatic rings. The standard InChI is InChI=1S/C18H39BN2Si/c1-9-10-11-12-13-17(22(7,8)18(2,3)4)16-19-20(5)14-15-21(19)6/h16H,9-15H2,1-8H3/b17-16-. The number of hydrogen-bond acceptors (Lipinski definition) is 2. The molecule has 2 nitrogen and oxygen atoms in total. The van der Waals surface area contributed by atoms with Crippen LogP contribution < -0.4 is 0 Å². The highest BCUT2D eigenvalue weighted by atomic mass is 28.3. The third-order valence-electron chi connectivity index (χ3n) is 6.04. The summed E-state index contributed by atoms with van der Waals surface area (Å²) in [5.41, 5.74) is 0. The summed E-state index contributed by atoms with van der Waals surface area (Å²) in [6.07, 6.45) is 6.78. The third-order valence-corrected chi connectivity index (χ3v) is 11.8. The monoisotopic (exact) mass is 322 g/mol. The van der Waals surface area contributed by atoms with Crippen LogP contribution in [0.4, 0.5) is 0 Å². The maximum atomic E-state index is 2.64. The Kier molecular flexibility index (Phi) is 7.42. The Morgan fingerprint density at radius 2 is 1.59 bits per heavy atom. The topological polar surface area (TPSA) is 6.48 Å². The molecule has 1 aliphatic heterocycles. The number of nitrogens with zero attached hydrogens (tertiary/aromatic N) is 2. The highest BCUT2D eigenvalue weighted by molar-refractivity contribution is 6.87. The van der Waals surface area contributed by atoms with E-state index >= 15 is 0 Å². The van der Waals surface area contributed by atoms with Crippen LogP contribution in [0.3, 0.4) is 0 Å². The fourth-order valence-corrected chi connectivity index (χ4v) is 5.51. The summed E-state index contributed by atoms with van der Waals surface area (Å²) in [6, 6.07) is 0. The molecular formula is C18H39BN2Si. The van der Waals surface area contributed by atoms with Crippen molar-refractivity contribution in [1.82, 2.24) is 9.62 Å². The van der Waals surface area contributed by atoms with Gasteiger partial charge < -0.3 is 9.62 Å². The van der Waals surface area contributed by atoms with E-state index in [0.29, 0.717) is 12.0 Å². The van der Waals surface area contributed by atoms with Crippen LogP contribution in [0.1, 0.15) is 59.8 Å². The molecule has 0 spiro atoms. The molecule has 1 fully saturated rings. The van der Waals surface area contributed by atoms with E-state index in [-0.39, 0.29) is 0 Å². The molecule has 1 saturated heterocycles. The Morgan fingerprint density at radius 1 is 1.05 bits per heavy atom. The number of unbranched alkanes of at least 4 members (excludes halogenated alkanes) is 3. The zero-order valence-corrected chi connectivity index (χ0v) is 17.5. The molecule has 22 heavy (non-hydrogen) atoms. The Hall–Kier alpha value is -0.0582. The van der Waals surface area contributed by atoms with Crippen molar-refractivity contribution in [3.05, 3.63) is 11.2 Å². The van der Waals surface area contributed by atoms with Crippen molar-refractivity contribution in [2.75, 3.05) is 27.2 Å². The maximum absolute atomic E-state index is 2.64. The zero-order valence-electron chi connectivity index (χ0n) is 16.5. The first-order chi connectivity index (χ1) is 10.1. The molecule has 1 rings (SSSR count). The lowest BCUT2D eigenvalue weighted by molar-refractivity contribution is 0.553. The van der Waals surface area contributed by atoms with Crippen molar-refractivity contribution in [1.29, 1.82) is 0 Å². The van der Waals surface area contributed by atoms with E-state index in [4.69, 9.17) is 0 Å². The molecule has 4 heteroatoms. The molecular weight excluding hydrogens is 283 g/mol. The normalized spacial score (nSPS) is 19.3. The molecule has 128 valence electrons. The molecule has 0 unspecified atom stereocenters. The van der Waals surface area contributed by atoms with Crippen LogP contribution in [0.25, 0.3) is 0 Å². The van der Waals surface area contributed by atoms with Crippen LogP contribution in [0.5, 0.6) is 0 Å². The first kappa shape index (κ1) is 20.0. The summed E-state index contributed by atoms with van der Waals surface area (Å²) < 4.78 is 0. The van der Waals surface area contributed by atoms with Gasteiger partial charge in [0.05, 0.1) is 8.07 Å². The number of likely N-dealkylation sites (N-methyl/N-ethyl adjacent to an activating group) is 2. The van der Waals surface area contributed by atoms with Gasteiger partial charge >= 0.3 is 6.98 Å². The predicted octanol–water partition coefficient (Wildman–Crippen LogP) is 4.84. The largest absolute Gasteiger partial charge is 0.337 e. The van der Waals surface area contributed by atoms with Crippen molar-refractivity contribution in [3.63, 3.8) is 0 Å². The van der Waals surface area contributed by atoms with Crippen molar-refractivity contribution >= 4 is 15.1 Å². The van der Waals surface area contributed by atoms with Gasteiger partial charge in [-0.3, -0.25) is 0 Å². The van der Waals surface area contributed by atoms with Gasteiger partial charge in [-0.05, 0) is 32.0 Å². The molecule has 0 aromatic heterocycles. The van der Waals surface area contributed by atoms with E-state index in [2.05, 4.69) is 70.5 Å². The van der Waals surface area contributed by atoms with E-state index in [9.17, 15) is 0 Å². The van der Waals surface area contributed by atoms with E-state index in [0.717, 1.165) is 0 Å². The van der Waals surface area contributed by atoms with Gasteiger partial charge in [0, 0.05) is 13.1 Å². The molecule has 0 radical (unpaired) electrons. The van der Waals surface area contributed by atoms with Crippen molar-refractivity contribution in [2.45, 2.75) is 77.9 Å². The summed E-state index contributed by atoms with van der Waals surface area (Å²) in [7, 11) is 3.12. The van der Waals surface area contributed by atoms with Crippen LogP contribution in [0.2, 0.25) is 18.1 Å². The fourth-order valence-electron chi connectivity index (χ4n) is 3.18. The average molecular weight is 322 g/mol. The second-order valence-electron chi connectivity index (χ2n) is 8.75. The molecule has 0 atom stereocenters. The van der Waals surface area contributed by atoms with Crippen LogP contribution in [-0.2, 0) is 0 Å². The molecule has 0 N–H and O–H groups in total. The quantitative estimate of drug-likeness (QED) is 0.489. The van der Waals surface area contributed by atoms with Crippen LogP contribution >= 0.6 is 0 Å². The molecule has 0 aliphatic carbocycles. The van der Waals surface area contributed by atoms with Gasteiger partial charge in [-0.25, -0.2) is 0 Å². The van der Waals surface area contributed by atoms with Gasteiger partial charge in [0.25, 0.3) is 0 Å². The van der Waals surface area contributed by atoms with E-state index in [1.165, 1.54) is 45.2 Å². The van der Waals surface area contributed by atoms with Crippen LogP contribution in [0.15, 0.2) is 11.2 Å². The number of hydrogen-bond donors (Lipinski definition) is 0. The van der Waals surface area contributed by atoms with Gasteiger partial charge in [-0.1, -0.05) is 71.2 Å². The Balaban J connectivity index is 2.95. The first-order valence-corrected chi connectivity index (χ1v) is 12.2. The highest BCUT2D eigenvalue weighted by Gasteiger charge is 2.40. The molecule has 1 heterocycles. The molecule has 0 amide bonds. The van der Waals surface area contributed by atoms with E-state index < -0.39 is 8.07 Å². The summed E-state index contributed by atoms with van der Waals surface area (Å²) >= 11 is 0. The van der Waals surface area contributed by atoms with Gasteiger partial charge in [0.2, 0.25) is 0 Å². The van der Waals surface area contributed by atoms with E-state index in [1.807, 2.05) is 0 Å². The SMILES string of the molecule is CCCCCC/C(=C/B1N(C)CCN1C)[Si](C)(C)C(C)(C)C. The molecule has 0 aromatic carbocycles. The fraction of sp³-hybridized carbons (Fsp3) is 0.889. The van der Waals surface area contributed by atoms with Gasteiger partial charge in [-0.15, -0.1) is 0 Å². The van der Waals surface area contributed by atoms with Gasteiger partial charge in [0.15, 0.2) is 0 Å².